The van der Waals surface area contributed by atoms with Crippen molar-refractivity contribution < 1.29 is 4.74 Å². The van der Waals surface area contributed by atoms with Crippen molar-refractivity contribution in [2.45, 2.75) is 6.54 Å². The average molecular weight is 414 g/mol. The molecule has 2 heterocycles. The molecule has 1 aliphatic heterocycles. The molecule has 0 bridgehead atoms. The van der Waals surface area contributed by atoms with Crippen LogP contribution in [0, 0.1) is 0 Å². The Labute approximate surface area is 173 Å². The van der Waals surface area contributed by atoms with Crippen LogP contribution in [0.15, 0.2) is 65.2 Å². The minimum atomic E-state index is 0.659. The van der Waals surface area contributed by atoms with Gasteiger partial charge in [-0.25, -0.2) is 9.99 Å². The number of rotatable bonds is 5. The van der Waals surface area contributed by atoms with E-state index in [1.807, 2.05) is 52.9 Å². The lowest BCUT2D eigenvalue weighted by Gasteiger charge is -2.33. The monoisotopic (exact) mass is 413 g/mol. The summed E-state index contributed by atoms with van der Waals surface area (Å²) in [5.41, 5.74) is 3.15. The first-order valence-corrected chi connectivity index (χ1v) is 10.1. The number of methoxy groups -OCH3 is 1. The minimum Gasteiger partial charge on any atom is -0.482 e. The molecule has 0 spiro atoms. The Kier molecular flexibility index (Phi) is 5.76. The molecule has 0 amide bonds. The van der Waals surface area contributed by atoms with Gasteiger partial charge < -0.3 is 10.1 Å². The third-order valence-corrected chi connectivity index (χ3v) is 5.25. The number of hydrogen-bond acceptors (Lipinski definition) is 7. The first-order chi connectivity index (χ1) is 13.7. The summed E-state index contributed by atoms with van der Waals surface area (Å²) >= 11 is 7.56. The number of benzene rings is 2. The molecule has 8 heteroatoms. The van der Waals surface area contributed by atoms with E-state index < -0.39 is 0 Å². The first-order valence-electron chi connectivity index (χ1n) is 8.82. The van der Waals surface area contributed by atoms with Gasteiger partial charge >= 0.3 is 0 Å². The van der Waals surface area contributed by atoms with Crippen molar-refractivity contribution in [3.63, 3.8) is 0 Å². The Morgan fingerprint density at radius 3 is 2.82 bits per heavy atom. The summed E-state index contributed by atoms with van der Waals surface area (Å²) in [4.78, 5) is 6.55. The van der Waals surface area contributed by atoms with Crippen LogP contribution in [-0.4, -0.2) is 36.1 Å². The predicted octanol–water partition coefficient (Wildman–Crippen LogP) is 4.78. The number of thiazole rings is 1. The van der Waals surface area contributed by atoms with Crippen molar-refractivity contribution in [3.05, 3.63) is 70.7 Å². The summed E-state index contributed by atoms with van der Waals surface area (Å²) in [6.07, 6.45) is 1.78. The Hall–Kier alpha value is -2.61. The van der Waals surface area contributed by atoms with Crippen molar-refractivity contribution in [2.24, 2.45) is 5.10 Å². The highest BCUT2D eigenvalue weighted by molar-refractivity contribution is 7.13. The molecule has 6 nitrogen and oxygen atoms in total. The fourth-order valence-corrected chi connectivity index (χ4v) is 3.66. The zero-order valence-electron chi connectivity index (χ0n) is 15.4. The van der Waals surface area contributed by atoms with Gasteiger partial charge in [-0.3, -0.25) is 4.90 Å². The van der Waals surface area contributed by atoms with Gasteiger partial charge in [0.1, 0.15) is 0 Å². The lowest BCUT2D eigenvalue weighted by Crippen LogP contribution is -2.44. The van der Waals surface area contributed by atoms with Crippen LogP contribution in [0.25, 0.3) is 0 Å². The van der Waals surface area contributed by atoms with Crippen molar-refractivity contribution >= 4 is 45.3 Å². The van der Waals surface area contributed by atoms with E-state index in [0.29, 0.717) is 19.1 Å². The highest BCUT2D eigenvalue weighted by atomic mass is 35.5. The standard InChI is InChI=1S/C20H20ClN5OS/c1-27-19-13-25(12-15-5-7-16(21)8-6-15)14-26(24-19)18-4-2-3-17(11-18)23-20-22-9-10-28-20/h2-11H,12-14H2,1H3,(H,22,23). The summed E-state index contributed by atoms with van der Waals surface area (Å²) in [6.45, 7) is 2.11. The molecule has 0 aliphatic carbocycles. The van der Waals surface area contributed by atoms with Crippen molar-refractivity contribution in [1.82, 2.24) is 9.88 Å². The van der Waals surface area contributed by atoms with Gasteiger partial charge in [0.15, 0.2) is 5.13 Å². The second kappa shape index (κ2) is 8.60. The second-order valence-corrected chi connectivity index (χ2v) is 7.70. The smallest absolute Gasteiger partial charge is 0.220 e. The van der Waals surface area contributed by atoms with Gasteiger partial charge in [-0.15, -0.1) is 16.4 Å². The SMILES string of the molecule is COC1=NN(c2cccc(Nc3nccs3)c2)CN(Cc2ccc(Cl)cc2)C1. The third-order valence-electron chi connectivity index (χ3n) is 4.31. The molecule has 4 rings (SSSR count). The maximum absolute atomic E-state index is 6.00. The molecule has 0 saturated carbocycles. The maximum atomic E-state index is 6.00. The predicted molar refractivity (Wildman–Crippen MR) is 115 cm³/mol. The molecule has 0 atom stereocenters. The quantitative estimate of drug-likeness (QED) is 0.652. The summed E-state index contributed by atoms with van der Waals surface area (Å²) in [7, 11) is 1.66. The Morgan fingerprint density at radius 2 is 2.07 bits per heavy atom. The third kappa shape index (κ3) is 4.62. The number of hydrogen-bond donors (Lipinski definition) is 1. The van der Waals surface area contributed by atoms with Crippen LogP contribution in [0.3, 0.4) is 0 Å². The Morgan fingerprint density at radius 1 is 1.21 bits per heavy atom. The maximum Gasteiger partial charge on any atom is 0.220 e. The highest BCUT2D eigenvalue weighted by Crippen LogP contribution is 2.25. The van der Waals surface area contributed by atoms with E-state index in [-0.39, 0.29) is 0 Å². The molecule has 3 aromatic rings. The van der Waals surface area contributed by atoms with E-state index in [9.17, 15) is 0 Å². The van der Waals surface area contributed by atoms with E-state index in [2.05, 4.69) is 26.4 Å². The molecule has 144 valence electrons. The highest BCUT2D eigenvalue weighted by Gasteiger charge is 2.21. The van der Waals surface area contributed by atoms with Gasteiger partial charge in [0.25, 0.3) is 0 Å². The molecule has 28 heavy (non-hydrogen) atoms. The zero-order chi connectivity index (χ0) is 19.3. The van der Waals surface area contributed by atoms with Crippen LogP contribution in [0.4, 0.5) is 16.5 Å². The van der Waals surface area contributed by atoms with Gasteiger partial charge in [0.2, 0.25) is 5.90 Å². The first kappa shape index (κ1) is 18.7. The largest absolute Gasteiger partial charge is 0.482 e. The molecule has 1 N–H and O–H groups in total. The van der Waals surface area contributed by atoms with Gasteiger partial charge in [0, 0.05) is 28.8 Å². The Bertz CT molecular complexity index is 945. The Balaban J connectivity index is 1.52. The van der Waals surface area contributed by atoms with E-state index in [1.165, 1.54) is 5.56 Å². The van der Waals surface area contributed by atoms with Crippen molar-refractivity contribution in [1.29, 1.82) is 0 Å². The molecular weight excluding hydrogens is 394 g/mol. The van der Waals surface area contributed by atoms with Gasteiger partial charge in [-0.05, 0) is 35.9 Å². The number of nitrogens with zero attached hydrogens (tertiary/aromatic N) is 4. The summed E-state index contributed by atoms with van der Waals surface area (Å²) in [6, 6.07) is 16.0. The van der Waals surface area contributed by atoms with Crippen LogP contribution in [0.2, 0.25) is 5.02 Å². The topological polar surface area (TPSA) is 53.0 Å². The lowest BCUT2D eigenvalue weighted by molar-refractivity contribution is 0.254. The lowest BCUT2D eigenvalue weighted by atomic mass is 10.2. The molecular formula is C20H20ClN5OS. The zero-order valence-corrected chi connectivity index (χ0v) is 17.0. The number of aromatic nitrogens is 1. The summed E-state index contributed by atoms with van der Waals surface area (Å²) in [5.74, 6) is 0.679. The molecule has 1 aromatic heterocycles. The van der Waals surface area contributed by atoms with E-state index in [4.69, 9.17) is 16.3 Å². The average Bonchev–Trinajstić information content (AvgIpc) is 3.23. The van der Waals surface area contributed by atoms with Crippen LogP contribution in [-0.2, 0) is 11.3 Å². The van der Waals surface area contributed by atoms with Gasteiger partial charge in [0.05, 0.1) is 26.0 Å². The van der Waals surface area contributed by atoms with E-state index in [0.717, 1.165) is 28.1 Å². The number of nitrogens with one attached hydrogen (secondary N) is 1. The molecule has 0 unspecified atom stereocenters. The summed E-state index contributed by atoms with van der Waals surface area (Å²) in [5, 5.41) is 13.5. The summed E-state index contributed by atoms with van der Waals surface area (Å²) < 4.78 is 5.47. The second-order valence-electron chi connectivity index (χ2n) is 6.36. The molecule has 0 saturated heterocycles. The van der Waals surface area contributed by atoms with Crippen LogP contribution in [0.5, 0.6) is 0 Å². The molecule has 0 radical (unpaired) electrons. The van der Waals surface area contributed by atoms with Crippen molar-refractivity contribution in [3.8, 4) is 0 Å². The van der Waals surface area contributed by atoms with Crippen LogP contribution in [0.1, 0.15) is 5.56 Å². The number of anilines is 3. The van der Waals surface area contributed by atoms with Crippen LogP contribution < -0.4 is 10.3 Å². The van der Waals surface area contributed by atoms with Gasteiger partial charge in [-0.2, -0.15) is 0 Å². The number of hydrazone groups is 1. The molecule has 0 fully saturated rings. The van der Waals surface area contributed by atoms with E-state index in [1.54, 1.807) is 24.6 Å². The fraction of sp³-hybridized carbons (Fsp3) is 0.200. The molecule has 1 aliphatic rings. The number of ether oxygens (including phenoxy) is 1. The number of halogens is 1. The van der Waals surface area contributed by atoms with E-state index >= 15 is 0 Å². The van der Waals surface area contributed by atoms with Crippen LogP contribution >= 0.6 is 22.9 Å². The fourth-order valence-electron chi connectivity index (χ4n) is 2.98. The minimum absolute atomic E-state index is 0.659. The normalized spacial score (nSPS) is 14.6. The molecule has 2 aromatic carbocycles. The van der Waals surface area contributed by atoms with Crippen molar-refractivity contribution in [2.75, 3.05) is 30.6 Å². The van der Waals surface area contributed by atoms with Gasteiger partial charge in [-0.1, -0.05) is 29.8 Å².